The summed E-state index contributed by atoms with van der Waals surface area (Å²) in [6, 6.07) is 0. The van der Waals surface area contributed by atoms with Gasteiger partial charge in [-0.05, 0) is 31.9 Å². The molecule has 0 aliphatic heterocycles. The Morgan fingerprint density at radius 2 is 1.25 bits per heavy atom. The Balaban J connectivity index is 3.50. The molecule has 3 heteroatoms. The van der Waals surface area contributed by atoms with Gasteiger partial charge in [-0.15, -0.1) is 0 Å². The Bertz CT molecular complexity index is 383. The third-order valence-electron chi connectivity index (χ3n) is 3.01. The molecule has 0 aromatic heterocycles. The fraction of sp³-hybridized carbons (Fsp3) is 0.538. The summed E-state index contributed by atoms with van der Waals surface area (Å²) in [5.74, 6) is 1.82. The summed E-state index contributed by atoms with van der Waals surface area (Å²) in [4.78, 5) is 0. The van der Waals surface area contributed by atoms with Gasteiger partial charge in [0, 0.05) is 18.2 Å². The molecule has 3 nitrogen and oxygen atoms in total. The first-order valence-electron chi connectivity index (χ1n) is 5.28. The highest BCUT2D eigenvalue weighted by molar-refractivity contribution is 5.57. The topological polar surface area (TPSA) is 27.7 Å². The molecule has 0 bridgehead atoms. The van der Waals surface area contributed by atoms with Gasteiger partial charge in [0.1, 0.15) is 11.5 Å². The van der Waals surface area contributed by atoms with Crippen LogP contribution >= 0.6 is 0 Å². The molecule has 0 saturated heterocycles. The Hall–Kier alpha value is -1.22. The van der Waals surface area contributed by atoms with Gasteiger partial charge in [-0.3, -0.25) is 0 Å². The SMILES string of the molecule is COCc1c(C)c(OC)c(C)c(C)c1OC. The van der Waals surface area contributed by atoms with E-state index in [4.69, 9.17) is 14.2 Å². The largest absolute Gasteiger partial charge is 0.496 e. The molecular weight excluding hydrogens is 204 g/mol. The van der Waals surface area contributed by atoms with Crippen LogP contribution in [0.2, 0.25) is 0 Å². The van der Waals surface area contributed by atoms with Crippen molar-refractivity contribution in [2.24, 2.45) is 0 Å². The molecule has 0 radical (unpaired) electrons. The molecule has 0 spiro atoms. The number of benzene rings is 1. The van der Waals surface area contributed by atoms with Gasteiger partial charge >= 0.3 is 0 Å². The van der Waals surface area contributed by atoms with E-state index in [1.807, 2.05) is 20.8 Å². The lowest BCUT2D eigenvalue weighted by Crippen LogP contribution is -2.04. The van der Waals surface area contributed by atoms with Crippen LogP contribution in [0.5, 0.6) is 11.5 Å². The molecule has 0 amide bonds. The first kappa shape index (κ1) is 12.8. The summed E-state index contributed by atoms with van der Waals surface area (Å²) in [6.45, 7) is 6.64. The van der Waals surface area contributed by atoms with Crippen molar-refractivity contribution in [2.45, 2.75) is 27.4 Å². The molecule has 1 aromatic carbocycles. The van der Waals surface area contributed by atoms with Gasteiger partial charge in [0.25, 0.3) is 0 Å². The minimum atomic E-state index is 0.534. The van der Waals surface area contributed by atoms with Gasteiger partial charge < -0.3 is 14.2 Å². The van der Waals surface area contributed by atoms with Crippen molar-refractivity contribution in [2.75, 3.05) is 21.3 Å². The van der Waals surface area contributed by atoms with Crippen molar-refractivity contribution >= 4 is 0 Å². The Kier molecular flexibility index (Phi) is 4.19. The van der Waals surface area contributed by atoms with Crippen LogP contribution in [0.4, 0.5) is 0 Å². The lowest BCUT2D eigenvalue weighted by atomic mass is 9.97. The lowest BCUT2D eigenvalue weighted by Gasteiger charge is -2.19. The monoisotopic (exact) mass is 224 g/mol. The first-order valence-corrected chi connectivity index (χ1v) is 5.28. The van der Waals surface area contributed by atoms with Crippen LogP contribution in [-0.2, 0) is 11.3 Å². The molecule has 0 atom stereocenters. The highest BCUT2D eigenvalue weighted by Gasteiger charge is 2.18. The van der Waals surface area contributed by atoms with E-state index in [0.29, 0.717) is 6.61 Å². The number of hydrogen-bond acceptors (Lipinski definition) is 3. The summed E-state index contributed by atoms with van der Waals surface area (Å²) in [5, 5.41) is 0. The quantitative estimate of drug-likeness (QED) is 0.787. The van der Waals surface area contributed by atoms with Crippen molar-refractivity contribution in [3.63, 3.8) is 0 Å². The minimum absolute atomic E-state index is 0.534. The van der Waals surface area contributed by atoms with Crippen LogP contribution < -0.4 is 9.47 Å². The van der Waals surface area contributed by atoms with Gasteiger partial charge in [0.2, 0.25) is 0 Å². The van der Waals surface area contributed by atoms with Crippen molar-refractivity contribution in [3.05, 3.63) is 22.3 Å². The highest BCUT2D eigenvalue weighted by atomic mass is 16.5. The van der Waals surface area contributed by atoms with Crippen LogP contribution in [0.15, 0.2) is 0 Å². The molecule has 0 unspecified atom stereocenters. The summed E-state index contributed by atoms with van der Waals surface area (Å²) in [6.07, 6.45) is 0. The predicted molar refractivity (Wildman–Crippen MR) is 64.5 cm³/mol. The molecule has 16 heavy (non-hydrogen) atoms. The summed E-state index contributed by atoms with van der Waals surface area (Å²) >= 11 is 0. The molecule has 0 fully saturated rings. The Labute approximate surface area is 97.3 Å². The van der Waals surface area contributed by atoms with E-state index in [0.717, 1.165) is 33.8 Å². The van der Waals surface area contributed by atoms with Crippen LogP contribution in [-0.4, -0.2) is 21.3 Å². The second-order valence-corrected chi connectivity index (χ2v) is 3.85. The van der Waals surface area contributed by atoms with Gasteiger partial charge in [-0.25, -0.2) is 0 Å². The average molecular weight is 224 g/mol. The van der Waals surface area contributed by atoms with Crippen molar-refractivity contribution < 1.29 is 14.2 Å². The van der Waals surface area contributed by atoms with Gasteiger partial charge in [0.05, 0.1) is 20.8 Å². The van der Waals surface area contributed by atoms with Crippen molar-refractivity contribution in [3.8, 4) is 11.5 Å². The average Bonchev–Trinajstić information content (AvgIpc) is 2.27. The maximum absolute atomic E-state index is 5.45. The van der Waals surface area contributed by atoms with Gasteiger partial charge in [-0.2, -0.15) is 0 Å². The lowest BCUT2D eigenvalue weighted by molar-refractivity contribution is 0.180. The number of hydrogen-bond donors (Lipinski definition) is 0. The standard InChI is InChI=1S/C13H20O3/c1-8-9(2)13(16-6)11(7-14-4)10(3)12(8)15-5/h7H2,1-6H3. The number of methoxy groups -OCH3 is 3. The predicted octanol–water partition coefficient (Wildman–Crippen LogP) is 2.78. The molecule has 0 saturated carbocycles. The molecule has 0 aliphatic rings. The third kappa shape index (κ3) is 2.00. The number of ether oxygens (including phenoxy) is 3. The van der Waals surface area contributed by atoms with Crippen LogP contribution in [0.25, 0.3) is 0 Å². The zero-order valence-electron chi connectivity index (χ0n) is 10.9. The van der Waals surface area contributed by atoms with E-state index in [1.54, 1.807) is 21.3 Å². The summed E-state index contributed by atoms with van der Waals surface area (Å²) in [5.41, 5.74) is 4.38. The van der Waals surface area contributed by atoms with E-state index in [9.17, 15) is 0 Å². The molecule has 1 rings (SSSR count). The molecule has 90 valence electrons. The Morgan fingerprint density at radius 3 is 1.69 bits per heavy atom. The molecule has 0 heterocycles. The maximum Gasteiger partial charge on any atom is 0.128 e. The van der Waals surface area contributed by atoms with E-state index in [2.05, 4.69) is 0 Å². The summed E-state index contributed by atoms with van der Waals surface area (Å²) < 4.78 is 16.1. The molecule has 0 N–H and O–H groups in total. The third-order valence-corrected chi connectivity index (χ3v) is 3.01. The molecule has 0 aliphatic carbocycles. The summed E-state index contributed by atoms with van der Waals surface area (Å²) in [7, 11) is 5.06. The maximum atomic E-state index is 5.45. The van der Waals surface area contributed by atoms with E-state index < -0.39 is 0 Å². The minimum Gasteiger partial charge on any atom is -0.496 e. The van der Waals surface area contributed by atoms with Crippen molar-refractivity contribution in [1.29, 1.82) is 0 Å². The Morgan fingerprint density at radius 1 is 0.750 bits per heavy atom. The normalized spacial score (nSPS) is 10.4. The van der Waals surface area contributed by atoms with Crippen LogP contribution in [0, 0.1) is 20.8 Å². The zero-order chi connectivity index (χ0) is 12.3. The molecule has 1 aromatic rings. The smallest absolute Gasteiger partial charge is 0.128 e. The zero-order valence-corrected chi connectivity index (χ0v) is 10.9. The number of rotatable bonds is 4. The van der Waals surface area contributed by atoms with E-state index in [-0.39, 0.29) is 0 Å². The van der Waals surface area contributed by atoms with Crippen LogP contribution in [0.1, 0.15) is 22.3 Å². The fourth-order valence-corrected chi connectivity index (χ4v) is 2.06. The van der Waals surface area contributed by atoms with Gasteiger partial charge in [-0.1, -0.05) is 0 Å². The molecular formula is C13H20O3. The van der Waals surface area contributed by atoms with E-state index >= 15 is 0 Å². The second-order valence-electron chi connectivity index (χ2n) is 3.85. The second kappa shape index (κ2) is 5.21. The van der Waals surface area contributed by atoms with Gasteiger partial charge in [0.15, 0.2) is 0 Å². The van der Waals surface area contributed by atoms with Crippen molar-refractivity contribution in [1.82, 2.24) is 0 Å². The fourth-order valence-electron chi connectivity index (χ4n) is 2.06. The highest BCUT2D eigenvalue weighted by Crippen LogP contribution is 2.37. The van der Waals surface area contributed by atoms with Crippen LogP contribution in [0.3, 0.4) is 0 Å². The van der Waals surface area contributed by atoms with E-state index in [1.165, 1.54) is 0 Å². The first-order chi connectivity index (χ1) is 7.58.